The van der Waals surface area contributed by atoms with E-state index in [-0.39, 0.29) is 5.97 Å². The van der Waals surface area contributed by atoms with Gasteiger partial charge in [0.05, 0.1) is 56.5 Å². The fraction of sp³-hybridized carbons (Fsp3) is 0.368. The van der Waals surface area contributed by atoms with Gasteiger partial charge in [-0.3, -0.25) is 9.58 Å². The zero-order valence-electron chi connectivity index (χ0n) is 27.2. The molecule has 47 heavy (non-hydrogen) atoms. The standard InChI is InChI=1S/C38H42N4O5/c1-3-46-38(43)37-30(16-10-22-47-34-17-8-12-27-11-4-5-13-28(27)34)29-14-9-15-31-35-32(26-45-21-7-6-18-42(37)36(29)31)39-40(2)33(35)25-41-19-23-44-24-20-41/h4-9,11-15,17H,3,10,16,18-26H2,1-2H3/b7-6-. The Kier molecular flexibility index (Phi) is 9.37. The number of benzene rings is 3. The van der Waals surface area contributed by atoms with Crippen molar-refractivity contribution in [1.82, 2.24) is 19.2 Å². The number of aryl methyl sites for hydroxylation is 2. The molecule has 244 valence electrons. The molecule has 0 unspecified atom stereocenters. The van der Waals surface area contributed by atoms with Crippen LogP contribution in [0.5, 0.6) is 5.75 Å². The topological polar surface area (TPSA) is 80.0 Å². The Bertz CT molecular complexity index is 1910. The average Bonchev–Trinajstić information content (AvgIpc) is 3.57. The van der Waals surface area contributed by atoms with Gasteiger partial charge >= 0.3 is 5.97 Å². The predicted molar refractivity (Wildman–Crippen MR) is 183 cm³/mol. The van der Waals surface area contributed by atoms with E-state index in [2.05, 4.69) is 51.9 Å². The van der Waals surface area contributed by atoms with Gasteiger partial charge in [-0.2, -0.15) is 5.10 Å². The van der Waals surface area contributed by atoms with Crippen LogP contribution in [-0.4, -0.2) is 71.3 Å². The number of esters is 1. The number of carbonyl (C=O) groups is 1. The Morgan fingerprint density at radius 3 is 2.64 bits per heavy atom. The van der Waals surface area contributed by atoms with Crippen molar-refractivity contribution in [2.75, 3.05) is 46.1 Å². The number of allylic oxidation sites excluding steroid dienone is 1. The molecule has 2 aliphatic heterocycles. The van der Waals surface area contributed by atoms with Crippen LogP contribution in [0.4, 0.5) is 0 Å². The lowest BCUT2D eigenvalue weighted by Gasteiger charge is -2.27. The number of hydrogen-bond acceptors (Lipinski definition) is 7. The van der Waals surface area contributed by atoms with E-state index in [1.807, 2.05) is 49.0 Å². The van der Waals surface area contributed by atoms with Gasteiger partial charge in [-0.05, 0) is 36.8 Å². The van der Waals surface area contributed by atoms with Crippen LogP contribution in [0.3, 0.4) is 0 Å². The van der Waals surface area contributed by atoms with Gasteiger partial charge in [0.2, 0.25) is 0 Å². The third-order valence-electron chi connectivity index (χ3n) is 9.13. The monoisotopic (exact) mass is 634 g/mol. The van der Waals surface area contributed by atoms with Crippen LogP contribution in [-0.2, 0) is 47.4 Å². The maximum absolute atomic E-state index is 13.8. The minimum absolute atomic E-state index is 0.303. The SMILES string of the molecule is CCOC(=O)c1c(CCCOc2cccc3ccccc23)c2cccc3c2n1C/C=C\COCc1nn(C)c(CN2CCOCC2)c1-3. The second-order valence-electron chi connectivity index (χ2n) is 12.1. The first kappa shape index (κ1) is 31.2. The molecule has 0 bridgehead atoms. The van der Waals surface area contributed by atoms with Crippen molar-refractivity contribution in [3.8, 4) is 16.9 Å². The molecule has 3 aromatic carbocycles. The van der Waals surface area contributed by atoms with Crippen LogP contribution in [0.25, 0.3) is 32.8 Å². The molecule has 1 saturated heterocycles. The van der Waals surface area contributed by atoms with Gasteiger partial charge in [0.25, 0.3) is 0 Å². The summed E-state index contributed by atoms with van der Waals surface area (Å²) in [6.07, 6.45) is 5.50. The van der Waals surface area contributed by atoms with Crippen molar-refractivity contribution in [3.63, 3.8) is 0 Å². The fourth-order valence-corrected chi connectivity index (χ4v) is 6.96. The molecule has 0 aliphatic carbocycles. The van der Waals surface area contributed by atoms with Gasteiger partial charge in [-0.25, -0.2) is 4.79 Å². The van der Waals surface area contributed by atoms with E-state index in [0.717, 1.165) is 94.8 Å². The first-order valence-corrected chi connectivity index (χ1v) is 16.6. The summed E-state index contributed by atoms with van der Waals surface area (Å²) in [6.45, 7) is 8.01. The van der Waals surface area contributed by atoms with E-state index in [9.17, 15) is 4.79 Å². The molecule has 7 rings (SSSR count). The van der Waals surface area contributed by atoms with Gasteiger partial charge in [-0.1, -0.05) is 66.7 Å². The number of nitrogens with zero attached hydrogens (tertiary/aromatic N) is 4. The van der Waals surface area contributed by atoms with E-state index < -0.39 is 0 Å². The number of para-hydroxylation sites is 1. The molecular formula is C38H42N4O5. The smallest absolute Gasteiger partial charge is 0.355 e. The van der Waals surface area contributed by atoms with Crippen LogP contribution in [0.2, 0.25) is 0 Å². The number of fused-ring (bicyclic) bond motifs is 3. The second-order valence-corrected chi connectivity index (χ2v) is 12.1. The zero-order chi connectivity index (χ0) is 32.2. The Morgan fingerprint density at radius 1 is 0.957 bits per heavy atom. The predicted octanol–water partition coefficient (Wildman–Crippen LogP) is 6.30. The molecule has 2 aromatic heterocycles. The zero-order valence-corrected chi connectivity index (χ0v) is 27.2. The molecule has 9 nitrogen and oxygen atoms in total. The first-order valence-electron chi connectivity index (χ1n) is 16.6. The summed E-state index contributed by atoms with van der Waals surface area (Å²) in [5.74, 6) is 0.566. The molecule has 1 fully saturated rings. The molecule has 0 radical (unpaired) electrons. The highest BCUT2D eigenvalue weighted by molar-refractivity contribution is 6.05. The minimum Gasteiger partial charge on any atom is -0.493 e. The third kappa shape index (κ3) is 6.31. The quantitative estimate of drug-likeness (QED) is 0.107. The minimum atomic E-state index is -0.306. The molecule has 0 spiro atoms. The number of rotatable bonds is 9. The van der Waals surface area contributed by atoms with Crippen molar-refractivity contribution in [2.24, 2.45) is 7.05 Å². The lowest BCUT2D eigenvalue weighted by Crippen LogP contribution is -2.36. The van der Waals surface area contributed by atoms with Crippen LogP contribution in [0, 0.1) is 0 Å². The third-order valence-corrected chi connectivity index (χ3v) is 9.13. The largest absolute Gasteiger partial charge is 0.493 e. The Hall–Kier alpha value is -4.44. The van der Waals surface area contributed by atoms with E-state index >= 15 is 0 Å². The summed E-state index contributed by atoms with van der Waals surface area (Å²) in [7, 11) is 2.01. The lowest BCUT2D eigenvalue weighted by atomic mass is 9.97. The maximum Gasteiger partial charge on any atom is 0.355 e. The average molecular weight is 635 g/mol. The summed E-state index contributed by atoms with van der Waals surface area (Å²) in [6, 6.07) is 20.8. The number of morpholine rings is 1. The summed E-state index contributed by atoms with van der Waals surface area (Å²) < 4.78 is 27.9. The van der Waals surface area contributed by atoms with Crippen molar-refractivity contribution in [3.05, 3.63) is 95.5 Å². The summed E-state index contributed by atoms with van der Waals surface area (Å²) in [5, 5.41) is 8.28. The highest BCUT2D eigenvalue weighted by Crippen LogP contribution is 2.39. The normalized spacial score (nSPS) is 16.1. The van der Waals surface area contributed by atoms with Crippen LogP contribution in [0.15, 0.2) is 72.8 Å². The molecule has 0 amide bonds. The molecule has 2 aliphatic rings. The number of aromatic nitrogens is 3. The highest BCUT2D eigenvalue weighted by Gasteiger charge is 2.29. The maximum atomic E-state index is 13.8. The van der Waals surface area contributed by atoms with E-state index in [1.54, 1.807) is 0 Å². The van der Waals surface area contributed by atoms with Crippen molar-refractivity contribution in [1.29, 1.82) is 0 Å². The van der Waals surface area contributed by atoms with Gasteiger partial charge in [-0.15, -0.1) is 0 Å². The summed E-state index contributed by atoms with van der Waals surface area (Å²) >= 11 is 0. The summed E-state index contributed by atoms with van der Waals surface area (Å²) in [4.78, 5) is 16.2. The van der Waals surface area contributed by atoms with Gasteiger partial charge in [0.1, 0.15) is 11.4 Å². The van der Waals surface area contributed by atoms with Crippen LogP contribution in [0.1, 0.15) is 40.8 Å². The highest BCUT2D eigenvalue weighted by atomic mass is 16.5. The second kappa shape index (κ2) is 14.1. The first-order chi connectivity index (χ1) is 23.1. The number of ether oxygens (including phenoxy) is 4. The number of carbonyl (C=O) groups excluding carboxylic acids is 1. The lowest BCUT2D eigenvalue weighted by molar-refractivity contribution is 0.0332. The Labute approximate surface area is 275 Å². The van der Waals surface area contributed by atoms with E-state index in [1.165, 1.54) is 0 Å². The molecule has 0 saturated carbocycles. The van der Waals surface area contributed by atoms with Gasteiger partial charge in [0.15, 0.2) is 0 Å². The Balaban J connectivity index is 1.31. The van der Waals surface area contributed by atoms with Crippen molar-refractivity contribution >= 4 is 27.6 Å². The van der Waals surface area contributed by atoms with Gasteiger partial charge in [0, 0.05) is 55.1 Å². The molecule has 5 aromatic rings. The van der Waals surface area contributed by atoms with Crippen LogP contribution < -0.4 is 4.74 Å². The molecule has 0 N–H and O–H groups in total. The Morgan fingerprint density at radius 2 is 1.77 bits per heavy atom. The van der Waals surface area contributed by atoms with Crippen molar-refractivity contribution in [2.45, 2.75) is 39.5 Å². The molecule has 4 heterocycles. The number of hydrogen-bond donors (Lipinski definition) is 0. The fourth-order valence-electron chi connectivity index (χ4n) is 6.96. The van der Waals surface area contributed by atoms with E-state index in [0.29, 0.717) is 45.1 Å². The molecule has 0 atom stereocenters. The van der Waals surface area contributed by atoms with Crippen molar-refractivity contribution < 1.29 is 23.7 Å². The van der Waals surface area contributed by atoms with Crippen LogP contribution >= 0.6 is 0 Å². The van der Waals surface area contributed by atoms with Gasteiger partial charge < -0.3 is 23.5 Å². The molecule has 9 heteroatoms. The molecular weight excluding hydrogens is 592 g/mol. The summed E-state index contributed by atoms with van der Waals surface area (Å²) in [5.41, 5.74) is 6.76. The van der Waals surface area contributed by atoms with E-state index in [4.69, 9.17) is 24.0 Å².